The molecule has 0 spiro atoms. The zero-order valence-electron chi connectivity index (χ0n) is 18.3. The van der Waals surface area contributed by atoms with Crippen molar-refractivity contribution in [3.05, 3.63) is 72.4 Å². The maximum absolute atomic E-state index is 12.9. The molecule has 0 saturated carbocycles. The van der Waals surface area contributed by atoms with Gasteiger partial charge < -0.3 is 10.2 Å². The maximum atomic E-state index is 12.9. The Morgan fingerprint density at radius 2 is 1.81 bits per heavy atom. The first-order chi connectivity index (χ1) is 15.5. The van der Waals surface area contributed by atoms with Gasteiger partial charge in [-0.15, -0.1) is 0 Å². The molecule has 1 saturated heterocycles. The van der Waals surface area contributed by atoms with E-state index in [2.05, 4.69) is 44.5 Å². The fourth-order valence-corrected chi connectivity index (χ4v) is 4.26. The molecule has 1 fully saturated rings. The number of nitrogens with one attached hydrogen (secondary N) is 1. The minimum absolute atomic E-state index is 0.170. The predicted octanol–water partition coefficient (Wildman–Crippen LogP) is 4.09. The lowest BCUT2D eigenvalue weighted by molar-refractivity contribution is 0.102. The number of carbonyl (C=O) groups excluding carboxylic acids is 1. The Morgan fingerprint density at radius 3 is 2.59 bits per heavy atom. The third kappa shape index (κ3) is 4.24. The molecule has 1 aromatic carbocycles. The van der Waals surface area contributed by atoms with Gasteiger partial charge in [0.15, 0.2) is 0 Å². The van der Waals surface area contributed by atoms with Crippen molar-refractivity contribution in [2.75, 3.05) is 25.5 Å². The molecule has 0 aliphatic carbocycles. The second kappa shape index (κ2) is 8.51. The number of likely N-dealkylation sites (tertiary alicyclic amines) is 1. The van der Waals surface area contributed by atoms with Gasteiger partial charge in [0.2, 0.25) is 0 Å². The molecule has 32 heavy (non-hydrogen) atoms. The van der Waals surface area contributed by atoms with Gasteiger partial charge in [-0.1, -0.05) is 12.1 Å². The maximum Gasteiger partial charge on any atom is 0.256 e. The molecule has 1 N–H and O–H groups in total. The number of aryl methyl sites for hydroxylation is 1. The molecule has 0 atom stereocenters. The Balaban J connectivity index is 1.36. The molecular formula is C25H26N6O. The first kappa shape index (κ1) is 20.3. The molecule has 4 aromatic rings. The van der Waals surface area contributed by atoms with E-state index in [4.69, 9.17) is 0 Å². The zero-order chi connectivity index (χ0) is 22.1. The number of anilines is 1. The molecule has 5 rings (SSSR count). The lowest BCUT2D eigenvalue weighted by Gasteiger charge is -2.28. The van der Waals surface area contributed by atoms with Crippen LogP contribution in [0.3, 0.4) is 0 Å². The number of amides is 1. The summed E-state index contributed by atoms with van der Waals surface area (Å²) in [6, 6.07) is 11.8. The first-order valence-corrected chi connectivity index (χ1v) is 10.9. The SMILES string of the molecule is CN1CCC(c2cc(C(=O)Nc3cc4cc(-c5cnn(C)c5)ccc4cn3)ccn2)CC1. The largest absolute Gasteiger partial charge is 0.307 e. The molecule has 4 heterocycles. The molecule has 1 amide bonds. The number of hydrogen-bond donors (Lipinski definition) is 1. The Morgan fingerprint density at radius 1 is 0.969 bits per heavy atom. The van der Waals surface area contributed by atoms with Crippen LogP contribution in [0.2, 0.25) is 0 Å². The number of fused-ring (bicyclic) bond motifs is 1. The number of benzene rings is 1. The highest BCUT2D eigenvalue weighted by Gasteiger charge is 2.20. The van der Waals surface area contributed by atoms with E-state index >= 15 is 0 Å². The average Bonchev–Trinajstić information content (AvgIpc) is 3.25. The van der Waals surface area contributed by atoms with Crippen LogP contribution in [0.15, 0.2) is 61.2 Å². The van der Waals surface area contributed by atoms with E-state index in [0.29, 0.717) is 17.3 Å². The third-order valence-electron chi connectivity index (χ3n) is 6.18. The van der Waals surface area contributed by atoms with Crippen LogP contribution in [0.1, 0.15) is 34.8 Å². The minimum atomic E-state index is -0.170. The van der Waals surface area contributed by atoms with Crippen LogP contribution < -0.4 is 5.32 Å². The van der Waals surface area contributed by atoms with E-state index in [1.807, 2.05) is 37.6 Å². The van der Waals surface area contributed by atoms with E-state index in [9.17, 15) is 4.79 Å². The fraction of sp³-hybridized carbons (Fsp3) is 0.280. The third-order valence-corrected chi connectivity index (χ3v) is 6.18. The topological polar surface area (TPSA) is 75.9 Å². The summed E-state index contributed by atoms with van der Waals surface area (Å²) in [6.45, 7) is 2.12. The van der Waals surface area contributed by atoms with Crippen molar-refractivity contribution in [1.82, 2.24) is 24.6 Å². The number of carbonyl (C=O) groups is 1. The van der Waals surface area contributed by atoms with E-state index in [1.54, 1.807) is 23.1 Å². The van der Waals surface area contributed by atoms with Crippen molar-refractivity contribution >= 4 is 22.5 Å². The quantitative estimate of drug-likeness (QED) is 0.532. The molecule has 0 unspecified atom stereocenters. The number of piperidine rings is 1. The van der Waals surface area contributed by atoms with Crippen LogP contribution in [0.5, 0.6) is 0 Å². The number of pyridine rings is 2. The molecule has 162 valence electrons. The van der Waals surface area contributed by atoms with Crippen LogP contribution >= 0.6 is 0 Å². The average molecular weight is 427 g/mol. The highest BCUT2D eigenvalue weighted by atomic mass is 16.1. The van der Waals surface area contributed by atoms with Crippen molar-refractivity contribution in [2.24, 2.45) is 7.05 Å². The summed E-state index contributed by atoms with van der Waals surface area (Å²) < 4.78 is 1.78. The van der Waals surface area contributed by atoms with Crippen molar-refractivity contribution in [2.45, 2.75) is 18.8 Å². The number of nitrogens with zero attached hydrogens (tertiary/aromatic N) is 5. The van der Waals surface area contributed by atoms with Crippen LogP contribution in [0.25, 0.3) is 21.9 Å². The summed E-state index contributed by atoms with van der Waals surface area (Å²) in [4.78, 5) is 24.2. The molecular weight excluding hydrogens is 400 g/mol. The summed E-state index contributed by atoms with van der Waals surface area (Å²) in [6.07, 6.45) is 9.48. The van der Waals surface area contributed by atoms with Crippen LogP contribution in [0.4, 0.5) is 5.82 Å². The van der Waals surface area contributed by atoms with Crippen LogP contribution in [0, 0.1) is 0 Å². The number of aromatic nitrogens is 4. The summed E-state index contributed by atoms with van der Waals surface area (Å²) in [5, 5.41) is 9.23. The Kier molecular flexibility index (Phi) is 5.41. The van der Waals surface area contributed by atoms with Crippen molar-refractivity contribution in [3.63, 3.8) is 0 Å². The van der Waals surface area contributed by atoms with Gasteiger partial charge in [-0.05, 0) is 68.2 Å². The molecule has 7 nitrogen and oxygen atoms in total. The minimum Gasteiger partial charge on any atom is -0.307 e. The predicted molar refractivity (Wildman–Crippen MR) is 126 cm³/mol. The lowest BCUT2D eigenvalue weighted by Crippen LogP contribution is -2.29. The summed E-state index contributed by atoms with van der Waals surface area (Å²) in [7, 11) is 4.04. The van der Waals surface area contributed by atoms with Gasteiger partial charge in [-0.25, -0.2) is 4.98 Å². The Labute approximate surface area is 187 Å². The normalized spacial score (nSPS) is 15.2. The highest BCUT2D eigenvalue weighted by molar-refractivity contribution is 6.04. The van der Waals surface area contributed by atoms with Crippen molar-refractivity contribution < 1.29 is 4.79 Å². The zero-order valence-corrected chi connectivity index (χ0v) is 18.3. The van der Waals surface area contributed by atoms with Gasteiger partial charge in [0.05, 0.1) is 6.20 Å². The number of rotatable bonds is 4. The first-order valence-electron chi connectivity index (χ1n) is 10.9. The molecule has 7 heteroatoms. The number of hydrogen-bond acceptors (Lipinski definition) is 5. The van der Waals surface area contributed by atoms with Gasteiger partial charge in [-0.2, -0.15) is 5.10 Å². The van der Waals surface area contributed by atoms with Gasteiger partial charge >= 0.3 is 0 Å². The molecule has 0 radical (unpaired) electrons. The van der Waals surface area contributed by atoms with Crippen LogP contribution in [-0.2, 0) is 7.05 Å². The fourth-order valence-electron chi connectivity index (χ4n) is 4.26. The second-order valence-corrected chi connectivity index (χ2v) is 8.54. The van der Waals surface area contributed by atoms with Crippen molar-refractivity contribution in [3.8, 4) is 11.1 Å². The van der Waals surface area contributed by atoms with Crippen LogP contribution in [-0.4, -0.2) is 50.7 Å². The van der Waals surface area contributed by atoms with Gasteiger partial charge in [0, 0.05) is 53.8 Å². The summed E-state index contributed by atoms with van der Waals surface area (Å²) in [5.41, 5.74) is 3.74. The molecule has 3 aromatic heterocycles. The van der Waals surface area contributed by atoms with Crippen molar-refractivity contribution in [1.29, 1.82) is 0 Å². The van der Waals surface area contributed by atoms with Gasteiger partial charge in [-0.3, -0.25) is 14.5 Å². The van der Waals surface area contributed by atoms with E-state index in [-0.39, 0.29) is 5.91 Å². The van der Waals surface area contributed by atoms with Gasteiger partial charge in [0.25, 0.3) is 5.91 Å². The molecule has 0 bridgehead atoms. The Hall–Kier alpha value is -3.58. The lowest BCUT2D eigenvalue weighted by atomic mass is 9.92. The van der Waals surface area contributed by atoms with Gasteiger partial charge in [0.1, 0.15) is 5.82 Å². The molecule has 1 aliphatic heterocycles. The monoisotopic (exact) mass is 426 g/mol. The van der Waals surface area contributed by atoms with E-state index < -0.39 is 0 Å². The standard InChI is InChI=1S/C25H26N6O/c1-30-9-6-17(7-10-30)23-12-19(5-8-26-23)25(32)29-24-13-21-11-18(3-4-20(21)14-27-24)22-15-28-31(2)16-22/h3-5,8,11-17H,6-7,9-10H2,1-2H3,(H,27,29,32). The molecule has 1 aliphatic rings. The second-order valence-electron chi connectivity index (χ2n) is 8.54. The van der Waals surface area contributed by atoms with E-state index in [0.717, 1.165) is 53.5 Å². The Bertz CT molecular complexity index is 1270. The van der Waals surface area contributed by atoms with E-state index in [1.165, 1.54) is 0 Å². The smallest absolute Gasteiger partial charge is 0.256 e. The summed E-state index contributed by atoms with van der Waals surface area (Å²) in [5.74, 6) is 0.768. The highest BCUT2D eigenvalue weighted by Crippen LogP contribution is 2.27. The summed E-state index contributed by atoms with van der Waals surface area (Å²) >= 11 is 0.